The molecule has 1 unspecified atom stereocenters. The summed E-state index contributed by atoms with van der Waals surface area (Å²) in [5.41, 5.74) is 1.01. The molecule has 4 nitrogen and oxygen atoms in total. The predicted octanol–water partition coefficient (Wildman–Crippen LogP) is 1.15. The van der Waals surface area contributed by atoms with E-state index in [1.54, 1.807) is 12.1 Å². The minimum absolute atomic E-state index is 0.192. The highest BCUT2D eigenvalue weighted by Gasteiger charge is 2.16. The van der Waals surface area contributed by atoms with Gasteiger partial charge in [-0.2, -0.15) is 0 Å². The molecule has 2 rings (SSSR count). The van der Waals surface area contributed by atoms with Crippen molar-refractivity contribution >= 4 is 10.0 Å². The fourth-order valence-electron chi connectivity index (χ4n) is 2.04. The maximum atomic E-state index is 11.2. The minimum atomic E-state index is -3.59. The molecular formula is C11H16N2O2S. The topological polar surface area (TPSA) is 72.2 Å². The number of nitrogens with one attached hydrogen (secondary N) is 1. The van der Waals surface area contributed by atoms with Crippen molar-refractivity contribution in [1.82, 2.24) is 5.32 Å². The van der Waals surface area contributed by atoms with Gasteiger partial charge in [0.05, 0.1) is 4.90 Å². The lowest BCUT2D eigenvalue weighted by Crippen LogP contribution is -2.27. The summed E-state index contributed by atoms with van der Waals surface area (Å²) in [7, 11) is -3.59. The number of primary sulfonamides is 1. The van der Waals surface area contributed by atoms with Crippen molar-refractivity contribution in [3.8, 4) is 0 Å². The van der Waals surface area contributed by atoms with Crippen molar-refractivity contribution in [1.29, 1.82) is 0 Å². The molecule has 1 saturated heterocycles. The third-order valence-electron chi connectivity index (χ3n) is 2.90. The second-order valence-corrected chi connectivity index (χ2v) is 5.68. The van der Waals surface area contributed by atoms with E-state index in [-0.39, 0.29) is 10.9 Å². The molecule has 0 aliphatic carbocycles. The van der Waals surface area contributed by atoms with Gasteiger partial charge in [0.2, 0.25) is 10.0 Å². The van der Waals surface area contributed by atoms with Gasteiger partial charge >= 0.3 is 0 Å². The first-order valence-corrected chi connectivity index (χ1v) is 6.98. The Morgan fingerprint density at radius 1 is 1.31 bits per heavy atom. The number of rotatable bonds is 2. The molecule has 1 heterocycles. The van der Waals surface area contributed by atoms with Crippen molar-refractivity contribution in [3.05, 3.63) is 29.8 Å². The summed E-state index contributed by atoms with van der Waals surface area (Å²) in [6, 6.07) is 7.14. The standard InChI is InChI=1S/C11H16N2O2S/c12-16(14,15)10-5-3-4-9(8-10)11-6-1-2-7-13-11/h3-5,8,11,13H,1-2,6-7H2,(H2,12,14,15). The van der Waals surface area contributed by atoms with Crippen LogP contribution < -0.4 is 10.5 Å². The summed E-state index contributed by atoms with van der Waals surface area (Å²) in [6.45, 7) is 0.990. The molecule has 3 N–H and O–H groups in total. The minimum Gasteiger partial charge on any atom is -0.310 e. The Balaban J connectivity index is 2.28. The highest BCUT2D eigenvalue weighted by molar-refractivity contribution is 7.89. The summed E-state index contributed by atoms with van der Waals surface area (Å²) in [5, 5.41) is 8.49. The maximum absolute atomic E-state index is 11.2. The van der Waals surface area contributed by atoms with Gasteiger partial charge < -0.3 is 5.32 Å². The van der Waals surface area contributed by atoms with Gasteiger partial charge in [-0.15, -0.1) is 0 Å². The van der Waals surface area contributed by atoms with Crippen molar-refractivity contribution in [2.24, 2.45) is 5.14 Å². The fourth-order valence-corrected chi connectivity index (χ4v) is 2.61. The van der Waals surface area contributed by atoms with Crippen molar-refractivity contribution in [3.63, 3.8) is 0 Å². The highest BCUT2D eigenvalue weighted by atomic mass is 32.2. The molecular weight excluding hydrogens is 224 g/mol. The molecule has 0 aromatic heterocycles. The molecule has 88 valence electrons. The Morgan fingerprint density at radius 3 is 2.75 bits per heavy atom. The third-order valence-corrected chi connectivity index (χ3v) is 3.81. The quantitative estimate of drug-likeness (QED) is 0.814. The Morgan fingerprint density at radius 2 is 2.12 bits per heavy atom. The summed E-state index contributed by atoms with van der Waals surface area (Å²) in [5.74, 6) is 0. The van der Waals surface area contributed by atoms with Gasteiger partial charge in [0.1, 0.15) is 0 Å². The normalized spacial score (nSPS) is 21.9. The van der Waals surface area contributed by atoms with E-state index in [2.05, 4.69) is 5.32 Å². The first-order chi connectivity index (χ1) is 7.57. The van der Waals surface area contributed by atoms with E-state index >= 15 is 0 Å². The summed E-state index contributed by atoms with van der Waals surface area (Å²) in [6.07, 6.45) is 3.41. The van der Waals surface area contributed by atoms with Crippen molar-refractivity contribution < 1.29 is 8.42 Å². The molecule has 0 bridgehead atoms. The lowest BCUT2D eigenvalue weighted by molar-refractivity contribution is 0.412. The summed E-state index contributed by atoms with van der Waals surface area (Å²) in [4.78, 5) is 0.192. The van der Waals surface area contributed by atoms with Crippen LogP contribution in [0, 0.1) is 0 Å². The molecule has 1 atom stereocenters. The third kappa shape index (κ3) is 2.61. The zero-order valence-electron chi connectivity index (χ0n) is 9.02. The lowest BCUT2D eigenvalue weighted by atomic mass is 9.98. The molecule has 0 radical (unpaired) electrons. The van der Waals surface area contributed by atoms with Crippen LogP contribution in [0.2, 0.25) is 0 Å². The van der Waals surface area contributed by atoms with Crippen molar-refractivity contribution in [2.45, 2.75) is 30.2 Å². The number of piperidine rings is 1. The van der Waals surface area contributed by atoms with Crippen LogP contribution in [0.4, 0.5) is 0 Å². The van der Waals surface area contributed by atoms with E-state index < -0.39 is 10.0 Å². The second kappa shape index (κ2) is 4.53. The average Bonchev–Trinajstić information content (AvgIpc) is 2.29. The van der Waals surface area contributed by atoms with E-state index in [4.69, 9.17) is 5.14 Å². The van der Waals surface area contributed by atoms with Crippen LogP contribution in [0.5, 0.6) is 0 Å². The average molecular weight is 240 g/mol. The van der Waals surface area contributed by atoms with Gasteiger partial charge in [0, 0.05) is 6.04 Å². The zero-order valence-corrected chi connectivity index (χ0v) is 9.83. The molecule has 0 spiro atoms. The van der Waals surface area contributed by atoms with Gasteiger partial charge in [0.25, 0.3) is 0 Å². The predicted molar refractivity (Wildman–Crippen MR) is 62.4 cm³/mol. The van der Waals surface area contributed by atoms with E-state index in [0.717, 1.165) is 18.5 Å². The van der Waals surface area contributed by atoms with Gasteiger partial charge in [-0.05, 0) is 37.1 Å². The van der Waals surface area contributed by atoms with Crippen LogP contribution in [0.3, 0.4) is 0 Å². The molecule has 5 heteroatoms. The van der Waals surface area contributed by atoms with Crippen LogP contribution in [0.25, 0.3) is 0 Å². The Kier molecular flexibility index (Phi) is 3.28. The number of sulfonamides is 1. The molecule has 1 fully saturated rings. The molecule has 1 aliphatic rings. The monoisotopic (exact) mass is 240 g/mol. The van der Waals surface area contributed by atoms with E-state index in [1.807, 2.05) is 6.07 Å². The molecule has 0 saturated carbocycles. The Labute approximate surface area is 95.9 Å². The van der Waals surface area contributed by atoms with Gasteiger partial charge in [-0.25, -0.2) is 13.6 Å². The van der Waals surface area contributed by atoms with Gasteiger partial charge in [-0.1, -0.05) is 18.6 Å². The fraction of sp³-hybridized carbons (Fsp3) is 0.455. The van der Waals surface area contributed by atoms with E-state index in [0.29, 0.717) is 0 Å². The second-order valence-electron chi connectivity index (χ2n) is 4.12. The molecule has 1 aromatic carbocycles. The Hall–Kier alpha value is -0.910. The largest absolute Gasteiger partial charge is 0.310 e. The van der Waals surface area contributed by atoms with Crippen LogP contribution in [-0.2, 0) is 10.0 Å². The molecule has 16 heavy (non-hydrogen) atoms. The Bertz CT molecular complexity index is 465. The van der Waals surface area contributed by atoms with Crippen LogP contribution in [-0.4, -0.2) is 15.0 Å². The van der Waals surface area contributed by atoms with Crippen LogP contribution in [0.15, 0.2) is 29.2 Å². The van der Waals surface area contributed by atoms with Crippen molar-refractivity contribution in [2.75, 3.05) is 6.54 Å². The maximum Gasteiger partial charge on any atom is 0.238 e. The molecule has 1 aromatic rings. The SMILES string of the molecule is NS(=O)(=O)c1cccc(C2CCCCN2)c1. The summed E-state index contributed by atoms with van der Waals surface area (Å²) >= 11 is 0. The number of benzene rings is 1. The number of hydrogen-bond donors (Lipinski definition) is 2. The molecule has 0 amide bonds. The smallest absolute Gasteiger partial charge is 0.238 e. The lowest BCUT2D eigenvalue weighted by Gasteiger charge is -2.24. The first kappa shape index (κ1) is 11.6. The van der Waals surface area contributed by atoms with E-state index in [1.165, 1.54) is 18.9 Å². The van der Waals surface area contributed by atoms with Gasteiger partial charge in [0.15, 0.2) is 0 Å². The first-order valence-electron chi connectivity index (χ1n) is 5.43. The molecule has 1 aliphatic heterocycles. The number of nitrogens with two attached hydrogens (primary N) is 1. The van der Waals surface area contributed by atoms with E-state index in [9.17, 15) is 8.42 Å². The summed E-state index contributed by atoms with van der Waals surface area (Å²) < 4.78 is 22.5. The highest BCUT2D eigenvalue weighted by Crippen LogP contribution is 2.24. The number of hydrogen-bond acceptors (Lipinski definition) is 3. The van der Waals surface area contributed by atoms with Crippen LogP contribution >= 0.6 is 0 Å². The van der Waals surface area contributed by atoms with Crippen LogP contribution in [0.1, 0.15) is 30.9 Å². The zero-order chi connectivity index (χ0) is 11.6. The van der Waals surface area contributed by atoms with Gasteiger partial charge in [-0.3, -0.25) is 0 Å².